The average Bonchev–Trinajstić information content (AvgIpc) is 2.48. The van der Waals surface area contributed by atoms with Crippen LogP contribution in [0, 0.1) is 0 Å². The first kappa shape index (κ1) is 15.3. The van der Waals surface area contributed by atoms with Crippen molar-refractivity contribution in [3.8, 4) is 5.75 Å². The van der Waals surface area contributed by atoms with Gasteiger partial charge in [-0.05, 0) is 50.9 Å². The first-order valence-corrected chi connectivity index (χ1v) is 7.75. The summed E-state index contributed by atoms with van der Waals surface area (Å²) in [6.07, 6.45) is 4.18. The zero-order valence-corrected chi connectivity index (χ0v) is 13.5. The van der Waals surface area contributed by atoms with Crippen molar-refractivity contribution in [2.75, 3.05) is 14.1 Å². The molecule has 2 rings (SSSR count). The highest BCUT2D eigenvalue weighted by Crippen LogP contribution is 2.27. The van der Waals surface area contributed by atoms with Crippen molar-refractivity contribution in [2.24, 2.45) is 0 Å². The van der Waals surface area contributed by atoms with Crippen molar-refractivity contribution in [2.45, 2.75) is 37.8 Å². The van der Waals surface area contributed by atoms with E-state index in [-0.39, 0.29) is 17.7 Å². The fourth-order valence-corrected chi connectivity index (χ4v) is 3.15. The average molecular weight is 341 g/mol. The molecule has 5 heteroatoms. The molecule has 0 saturated heterocycles. The minimum absolute atomic E-state index is 0.0361. The molecule has 1 fully saturated rings. The van der Waals surface area contributed by atoms with E-state index in [1.54, 1.807) is 23.1 Å². The summed E-state index contributed by atoms with van der Waals surface area (Å²) in [5.41, 5.74) is 0.359. The minimum atomic E-state index is -0.114. The Kier molecular flexibility index (Phi) is 5.05. The van der Waals surface area contributed by atoms with Crippen LogP contribution in [0.15, 0.2) is 22.7 Å². The van der Waals surface area contributed by atoms with E-state index in [1.165, 1.54) is 0 Å². The standard InChI is InChI=1S/C15H21BrN2O2/c1-17-11-4-6-12(7-5-11)18(2)15(20)13-9-10(16)3-8-14(13)19/h3,8-9,11-12,17,19H,4-7H2,1-2H3. The van der Waals surface area contributed by atoms with Gasteiger partial charge in [0.1, 0.15) is 5.75 Å². The normalized spacial score (nSPS) is 22.6. The number of halogens is 1. The first-order chi connectivity index (χ1) is 9.52. The molecule has 1 aliphatic rings. The van der Waals surface area contributed by atoms with Crippen LogP contribution in [-0.2, 0) is 0 Å². The van der Waals surface area contributed by atoms with Crippen LogP contribution in [0.5, 0.6) is 5.75 Å². The summed E-state index contributed by atoms with van der Waals surface area (Å²) in [6.45, 7) is 0. The molecule has 0 bridgehead atoms. The summed E-state index contributed by atoms with van der Waals surface area (Å²) < 4.78 is 0.797. The van der Waals surface area contributed by atoms with E-state index in [4.69, 9.17) is 0 Å². The molecule has 0 spiro atoms. The Balaban J connectivity index is 2.07. The third-order valence-electron chi connectivity index (χ3n) is 4.16. The van der Waals surface area contributed by atoms with E-state index >= 15 is 0 Å². The van der Waals surface area contributed by atoms with Gasteiger partial charge in [0.15, 0.2) is 0 Å². The topological polar surface area (TPSA) is 52.6 Å². The van der Waals surface area contributed by atoms with Crippen LogP contribution in [0.2, 0.25) is 0 Å². The molecule has 0 aromatic heterocycles. The quantitative estimate of drug-likeness (QED) is 0.889. The first-order valence-electron chi connectivity index (χ1n) is 6.96. The maximum absolute atomic E-state index is 12.5. The molecule has 2 N–H and O–H groups in total. The second-order valence-electron chi connectivity index (χ2n) is 5.37. The number of benzene rings is 1. The van der Waals surface area contributed by atoms with Crippen LogP contribution < -0.4 is 5.32 Å². The molecule has 1 saturated carbocycles. The second-order valence-corrected chi connectivity index (χ2v) is 6.29. The number of amides is 1. The third-order valence-corrected chi connectivity index (χ3v) is 4.66. The summed E-state index contributed by atoms with van der Waals surface area (Å²) in [7, 11) is 3.81. The molecule has 0 heterocycles. The number of aromatic hydroxyl groups is 1. The van der Waals surface area contributed by atoms with Gasteiger partial charge >= 0.3 is 0 Å². The van der Waals surface area contributed by atoms with Crippen LogP contribution in [0.3, 0.4) is 0 Å². The monoisotopic (exact) mass is 340 g/mol. The lowest BCUT2D eigenvalue weighted by Crippen LogP contribution is -2.42. The maximum atomic E-state index is 12.5. The van der Waals surface area contributed by atoms with Crippen molar-refractivity contribution < 1.29 is 9.90 Å². The molecular formula is C15H21BrN2O2. The number of phenols is 1. The van der Waals surface area contributed by atoms with Crippen molar-refractivity contribution in [1.82, 2.24) is 10.2 Å². The van der Waals surface area contributed by atoms with Crippen LogP contribution >= 0.6 is 15.9 Å². The minimum Gasteiger partial charge on any atom is -0.507 e. The van der Waals surface area contributed by atoms with Crippen molar-refractivity contribution >= 4 is 21.8 Å². The van der Waals surface area contributed by atoms with E-state index in [1.807, 2.05) is 14.1 Å². The molecule has 1 amide bonds. The van der Waals surface area contributed by atoms with Gasteiger partial charge in [-0.3, -0.25) is 4.79 Å². The third kappa shape index (κ3) is 3.33. The largest absolute Gasteiger partial charge is 0.507 e. The Bertz CT molecular complexity index is 485. The number of phenolic OH excluding ortho intramolecular Hbond substituents is 1. The van der Waals surface area contributed by atoms with Gasteiger partial charge in [0, 0.05) is 23.6 Å². The fourth-order valence-electron chi connectivity index (χ4n) is 2.79. The zero-order chi connectivity index (χ0) is 14.7. The van der Waals surface area contributed by atoms with Gasteiger partial charge in [0.2, 0.25) is 0 Å². The van der Waals surface area contributed by atoms with Gasteiger partial charge < -0.3 is 15.3 Å². The van der Waals surface area contributed by atoms with Gasteiger partial charge in [0.25, 0.3) is 5.91 Å². The van der Waals surface area contributed by atoms with Crippen LogP contribution in [0.4, 0.5) is 0 Å². The number of hydrogen-bond donors (Lipinski definition) is 2. The number of rotatable bonds is 3. The molecule has 0 unspecified atom stereocenters. The lowest BCUT2D eigenvalue weighted by atomic mass is 9.90. The van der Waals surface area contributed by atoms with Gasteiger partial charge in [-0.15, -0.1) is 0 Å². The summed E-state index contributed by atoms with van der Waals surface area (Å²) in [4.78, 5) is 14.3. The molecule has 0 aliphatic heterocycles. The molecular weight excluding hydrogens is 320 g/mol. The highest BCUT2D eigenvalue weighted by atomic mass is 79.9. The fraction of sp³-hybridized carbons (Fsp3) is 0.533. The Morgan fingerprint density at radius 2 is 2.00 bits per heavy atom. The number of nitrogens with one attached hydrogen (secondary N) is 1. The predicted octanol–water partition coefficient (Wildman–Crippen LogP) is 2.76. The van der Waals surface area contributed by atoms with E-state index in [2.05, 4.69) is 21.2 Å². The highest BCUT2D eigenvalue weighted by molar-refractivity contribution is 9.10. The van der Waals surface area contributed by atoms with E-state index in [9.17, 15) is 9.90 Å². The van der Waals surface area contributed by atoms with Crippen LogP contribution in [0.25, 0.3) is 0 Å². The predicted molar refractivity (Wildman–Crippen MR) is 83.0 cm³/mol. The lowest BCUT2D eigenvalue weighted by molar-refractivity contribution is 0.0682. The SMILES string of the molecule is CNC1CCC(N(C)C(=O)c2cc(Br)ccc2O)CC1. The van der Waals surface area contributed by atoms with Crippen LogP contribution in [-0.4, -0.2) is 42.1 Å². The number of carbonyl (C=O) groups excluding carboxylic acids is 1. The summed E-state index contributed by atoms with van der Waals surface area (Å²) in [6, 6.07) is 5.76. The van der Waals surface area contributed by atoms with E-state index < -0.39 is 0 Å². The Morgan fingerprint density at radius 3 is 2.60 bits per heavy atom. The Labute approximate surface area is 128 Å². The van der Waals surface area contributed by atoms with Crippen LogP contribution in [0.1, 0.15) is 36.0 Å². The molecule has 1 aromatic rings. The van der Waals surface area contributed by atoms with Gasteiger partial charge in [-0.1, -0.05) is 15.9 Å². The molecule has 0 radical (unpaired) electrons. The van der Waals surface area contributed by atoms with Gasteiger partial charge in [0.05, 0.1) is 5.56 Å². The summed E-state index contributed by atoms with van der Waals surface area (Å²) in [5.74, 6) is -0.0781. The molecule has 4 nitrogen and oxygen atoms in total. The maximum Gasteiger partial charge on any atom is 0.257 e. The van der Waals surface area contributed by atoms with E-state index in [0.29, 0.717) is 11.6 Å². The van der Waals surface area contributed by atoms with Crippen molar-refractivity contribution in [3.63, 3.8) is 0 Å². The van der Waals surface area contributed by atoms with Crippen molar-refractivity contribution in [3.05, 3.63) is 28.2 Å². The number of carbonyl (C=O) groups is 1. The number of nitrogens with zero attached hydrogens (tertiary/aromatic N) is 1. The van der Waals surface area contributed by atoms with Crippen molar-refractivity contribution in [1.29, 1.82) is 0 Å². The summed E-state index contributed by atoms with van der Waals surface area (Å²) >= 11 is 3.34. The molecule has 0 atom stereocenters. The summed E-state index contributed by atoms with van der Waals surface area (Å²) in [5, 5.41) is 13.1. The molecule has 1 aromatic carbocycles. The second kappa shape index (κ2) is 6.59. The lowest BCUT2D eigenvalue weighted by Gasteiger charge is -2.34. The highest BCUT2D eigenvalue weighted by Gasteiger charge is 2.27. The zero-order valence-electron chi connectivity index (χ0n) is 11.9. The smallest absolute Gasteiger partial charge is 0.257 e. The Hall–Kier alpha value is -1.07. The Morgan fingerprint density at radius 1 is 1.35 bits per heavy atom. The molecule has 20 heavy (non-hydrogen) atoms. The molecule has 1 aliphatic carbocycles. The van der Waals surface area contributed by atoms with E-state index in [0.717, 1.165) is 30.2 Å². The van der Waals surface area contributed by atoms with Gasteiger partial charge in [-0.25, -0.2) is 0 Å². The molecule has 110 valence electrons. The number of hydrogen-bond acceptors (Lipinski definition) is 3. The van der Waals surface area contributed by atoms with Gasteiger partial charge in [-0.2, -0.15) is 0 Å².